The van der Waals surface area contributed by atoms with Crippen LogP contribution in [0.4, 0.5) is 4.39 Å². The average molecular weight is 220 g/mol. The number of benzene rings is 1. The van der Waals surface area contributed by atoms with Crippen molar-refractivity contribution in [3.05, 3.63) is 35.1 Å². The molecule has 2 aliphatic rings. The summed E-state index contributed by atoms with van der Waals surface area (Å²) in [5.41, 5.74) is 1.12. The fraction of sp³-hybridized carbons (Fsp3) is 0.571. The predicted molar refractivity (Wildman–Crippen MR) is 60.5 cm³/mol. The zero-order valence-electron chi connectivity index (χ0n) is 9.54. The summed E-state index contributed by atoms with van der Waals surface area (Å²) in [6.07, 6.45) is 4.60. The first-order chi connectivity index (χ1) is 7.64. The summed E-state index contributed by atoms with van der Waals surface area (Å²) >= 11 is 0. The van der Waals surface area contributed by atoms with Crippen molar-refractivity contribution in [2.24, 2.45) is 11.8 Å². The highest BCUT2D eigenvalue weighted by molar-refractivity contribution is 5.39. The summed E-state index contributed by atoms with van der Waals surface area (Å²) in [5, 5.41) is 10.7. The normalized spacial score (nSPS) is 36.9. The highest BCUT2D eigenvalue weighted by Crippen LogP contribution is 2.64. The van der Waals surface area contributed by atoms with Crippen molar-refractivity contribution in [2.45, 2.75) is 38.2 Å². The van der Waals surface area contributed by atoms with E-state index in [4.69, 9.17) is 0 Å². The Labute approximate surface area is 95.3 Å². The van der Waals surface area contributed by atoms with Crippen molar-refractivity contribution in [1.29, 1.82) is 0 Å². The van der Waals surface area contributed by atoms with Crippen LogP contribution in [0.3, 0.4) is 0 Å². The molecule has 1 nitrogen and oxygen atoms in total. The number of fused-ring (bicyclic) bond motifs is 1. The molecule has 0 radical (unpaired) electrons. The second kappa shape index (κ2) is 3.30. The number of aliphatic hydroxyl groups is 1. The molecule has 2 heteroatoms. The van der Waals surface area contributed by atoms with Crippen LogP contribution in [-0.4, -0.2) is 5.11 Å². The van der Waals surface area contributed by atoms with Gasteiger partial charge in [-0.25, -0.2) is 4.39 Å². The molecule has 3 rings (SSSR count). The molecule has 0 aliphatic heterocycles. The van der Waals surface area contributed by atoms with E-state index in [9.17, 15) is 9.50 Å². The van der Waals surface area contributed by atoms with Crippen molar-refractivity contribution in [2.75, 3.05) is 0 Å². The van der Waals surface area contributed by atoms with E-state index in [2.05, 4.69) is 0 Å². The standard InChI is InChI=1S/C14H17FO/c1-9-6-7-10(15)8-13(9)14(16)11-4-2-3-5-12(11)14/h6-8,11-12,16H,2-5H2,1H3. The van der Waals surface area contributed by atoms with Gasteiger partial charge < -0.3 is 5.11 Å². The topological polar surface area (TPSA) is 20.2 Å². The molecule has 2 unspecified atom stereocenters. The van der Waals surface area contributed by atoms with E-state index in [1.807, 2.05) is 6.92 Å². The minimum Gasteiger partial charge on any atom is -0.385 e. The Kier molecular flexibility index (Phi) is 2.12. The molecule has 0 saturated heterocycles. The molecule has 0 heterocycles. The van der Waals surface area contributed by atoms with Crippen molar-refractivity contribution >= 4 is 0 Å². The summed E-state index contributed by atoms with van der Waals surface area (Å²) in [7, 11) is 0. The molecular weight excluding hydrogens is 203 g/mol. The molecule has 1 aromatic carbocycles. The van der Waals surface area contributed by atoms with E-state index in [-0.39, 0.29) is 5.82 Å². The molecule has 2 atom stereocenters. The summed E-state index contributed by atoms with van der Waals surface area (Å²) in [6, 6.07) is 4.76. The predicted octanol–water partition coefficient (Wildman–Crippen LogP) is 3.14. The molecule has 2 aliphatic carbocycles. The molecule has 0 amide bonds. The zero-order chi connectivity index (χ0) is 11.3. The smallest absolute Gasteiger partial charge is 0.123 e. The molecule has 86 valence electrons. The lowest BCUT2D eigenvalue weighted by atomic mass is 9.98. The molecule has 1 N–H and O–H groups in total. The maximum atomic E-state index is 13.3. The average Bonchev–Trinajstić information content (AvgIpc) is 2.90. The summed E-state index contributed by atoms with van der Waals surface area (Å²) in [5.74, 6) is 0.515. The summed E-state index contributed by atoms with van der Waals surface area (Å²) < 4.78 is 13.3. The Morgan fingerprint density at radius 3 is 2.50 bits per heavy atom. The molecule has 1 aromatic rings. The van der Waals surface area contributed by atoms with E-state index < -0.39 is 5.60 Å². The molecule has 0 bridgehead atoms. The third-order valence-corrected chi connectivity index (χ3v) is 4.42. The quantitative estimate of drug-likeness (QED) is 0.771. The van der Waals surface area contributed by atoms with Crippen LogP contribution in [0.15, 0.2) is 18.2 Å². The highest BCUT2D eigenvalue weighted by atomic mass is 19.1. The highest BCUT2D eigenvalue weighted by Gasteiger charge is 2.64. The van der Waals surface area contributed by atoms with Gasteiger partial charge in [-0.05, 0) is 54.9 Å². The largest absolute Gasteiger partial charge is 0.385 e. The lowest BCUT2D eigenvalue weighted by Gasteiger charge is -2.14. The van der Waals surface area contributed by atoms with E-state index in [1.165, 1.54) is 25.0 Å². The minimum absolute atomic E-state index is 0.238. The van der Waals surface area contributed by atoms with E-state index >= 15 is 0 Å². The van der Waals surface area contributed by atoms with Crippen LogP contribution in [0.25, 0.3) is 0 Å². The van der Waals surface area contributed by atoms with Gasteiger partial charge in [0, 0.05) is 0 Å². The van der Waals surface area contributed by atoms with E-state index in [0.29, 0.717) is 11.8 Å². The Hall–Kier alpha value is -0.890. The van der Waals surface area contributed by atoms with Gasteiger partial charge in [0.2, 0.25) is 0 Å². The third-order valence-electron chi connectivity index (χ3n) is 4.42. The monoisotopic (exact) mass is 220 g/mol. The van der Waals surface area contributed by atoms with Crippen LogP contribution >= 0.6 is 0 Å². The van der Waals surface area contributed by atoms with Gasteiger partial charge in [0.1, 0.15) is 5.82 Å². The lowest BCUT2D eigenvalue weighted by molar-refractivity contribution is 0.117. The van der Waals surface area contributed by atoms with Gasteiger partial charge >= 0.3 is 0 Å². The van der Waals surface area contributed by atoms with Gasteiger partial charge in [0.25, 0.3) is 0 Å². The first-order valence-electron chi connectivity index (χ1n) is 6.13. The molecular formula is C14H17FO. The first kappa shape index (κ1) is 10.3. The van der Waals surface area contributed by atoms with E-state index in [1.54, 1.807) is 6.07 Å². The van der Waals surface area contributed by atoms with Crippen molar-refractivity contribution in [3.8, 4) is 0 Å². The summed E-state index contributed by atoms with van der Waals surface area (Å²) in [6.45, 7) is 1.96. The van der Waals surface area contributed by atoms with Crippen molar-refractivity contribution in [3.63, 3.8) is 0 Å². The zero-order valence-corrected chi connectivity index (χ0v) is 9.54. The number of aryl methyl sites for hydroxylation is 1. The Morgan fingerprint density at radius 1 is 1.25 bits per heavy atom. The number of hydrogen-bond donors (Lipinski definition) is 1. The van der Waals surface area contributed by atoms with Crippen LogP contribution in [0.5, 0.6) is 0 Å². The number of rotatable bonds is 1. The lowest BCUT2D eigenvalue weighted by Crippen LogP contribution is -2.12. The maximum absolute atomic E-state index is 13.3. The second-order valence-electron chi connectivity index (χ2n) is 5.28. The minimum atomic E-state index is -0.720. The van der Waals surface area contributed by atoms with Gasteiger partial charge in [0.05, 0.1) is 5.60 Å². The van der Waals surface area contributed by atoms with E-state index in [0.717, 1.165) is 24.0 Å². The van der Waals surface area contributed by atoms with Gasteiger partial charge in [-0.1, -0.05) is 18.9 Å². The van der Waals surface area contributed by atoms with Crippen LogP contribution in [0, 0.1) is 24.6 Å². The fourth-order valence-electron chi connectivity index (χ4n) is 3.52. The SMILES string of the molecule is Cc1ccc(F)cc1C1(O)C2CCCCC21. The number of hydrogen-bond acceptors (Lipinski definition) is 1. The van der Waals surface area contributed by atoms with Crippen LogP contribution in [0.2, 0.25) is 0 Å². The Balaban J connectivity index is 2.01. The second-order valence-corrected chi connectivity index (χ2v) is 5.28. The maximum Gasteiger partial charge on any atom is 0.123 e. The van der Waals surface area contributed by atoms with Gasteiger partial charge in [-0.3, -0.25) is 0 Å². The van der Waals surface area contributed by atoms with Gasteiger partial charge in [0.15, 0.2) is 0 Å². The van der Waals surface area contributed by atoms with Crippen LogP contribution < -0.4 is 0 Å². The number of halogens is 1. The van der Waals surface area contributed by atoms with Crippen molar-refractivity contribution < 1.29 is 9.50 Å². The third kappa shape index (κ3) is 1.26. The van der Waals surface area contributed by atoms with Crippen LogP contribution in [-0.2, 0) is 5.60 Å². The molecule has 16 heavy (non-hydrogen) atoms. The molecule has 2 saturated carbocycles. The van der Waals surface area contributed by atoms with Gasteiger partial charge in [-0.2, -0.15) is 0 Å². The van der Waals surface area contributed by atoms with Gasteiger partial charge in [-0.15, -0.1) is 0 Å². The van der Waals surface area contributed by atoms with Crippen LogP contribution in [0.1, 0.15) is 36.8 Å². The first-order valence-corrected chi connectivity index (χ1v) is 6.13. The Morgan fingerprint density at radius 2 is 1.88 bits per heavy atom. The summed E-state index contributed by atoms with van der Waals surface area (Å²) in [4.78, 5) is 0. The molecule has 2 fully saturated rings. The molecule has 0 aromatic heterocycles. The fourth-order valence-corrected chi connectivity index (χ4v) is 3.52. The molecule has 0 spiro atoms. The Bertz CT molecular complexity index is 415. The van der Waals surface area contributed by atoms with Crippen molar-refractivity contribution in [1.82, 2.24) is 0 Å².